The van der Waals surface area contributed by atoms with E-state index in [4.69, 9.17) is 10.8 Å². The number of rotatable bonds is 2. The minimum atomic E-state index is -1.02. The predicted molar refractivity (Wildman–Crippen MR) is 53.4 cm³/mol. The molecule has 0 radical (unpaired) electrons. The van der Waals surface area contributed by atoms with Crippen LogP contribution in [-0.2, 0) is 4.79 Å². The Hall–Kier alpha value is -0.870. The number of carboxylic acid groups (broad SMARTS) is 1. The summed E-state index contributed by atoms with van der Waals surface area (Å²) in [5, 5.41) is 8.68. The van der Waals surface area contributed by atoms with Gasteiger partial charge < -0.3 is 10.8 Å². The molecular weight excluding hydrogens is 234 g/mol. The Morgan fingerprint density at radius 2 is 2.15 bits per heavy atom. The molecule has 1 aromatic carbocycles. The summed E-state index contributed by atoms with van der Waals surface area (Å²) < 4.78 is 0.846. The summed E-state index contributed by atoms with van der Waals surface area (Å²) >= 11 is 3.28. The number of nitrogens with two attached hydrogens (primary N) is 1. The van der Waals surface area contributed by atoms with Crippen LogP contribution in [0.15, 0.2) is 22.7 Å². The first-order valence-electron chi connectivity index (χ1n) is 3.76. The van der Waals surface area contributed by atoms with Crippen molar-refractivity contribution < 1.29 is 9.90 Å². The highest BCUT2D eigenvalue weighted by molar-refractivity contribution is 9.10. The molecule has 1 rings (SSSR count). The average molecular weight is 244 g/mol. The monoisotopic (exact) mass is 243 g/mol. The number of hydrogen-bond acceptors (Lipinski definition) is 2. The Labute approximate surface area is 84.7 Å². The lowest BCUT2D eigenvalue weighted by Crippen LogP contribution is -2.20. The topological polar surface area (TPSA) is 63.3 Å². The van der Waals surface area contributed by atoms with E-state index in [0.29, 0.717) is 5.56 Å². The first-order chi connectivity index (χ1) is 6.00. The lowest BCUT2D eigenvalue weighted by atomic mass is 10.1. The predicted octanol–water partition coefficient (Wildman–Crippen LogP) is 1.84. The zero-order valence-corrected chi connectivity index (χ0v) is 8.71. The molecule has 13 heavy (non-hydrogen) atoms. The van der Waals surface area contributed by atoms with Crippen molar-refractivity contribution in [1.82, 2.24) is 0 Å². The number of carbonyl (C=O) groups is 1. The van der Waals surface area contributed by atoms with Crippen molar-refractivity contribution in [3.05, 3.63) is 33.8 Å². The van der Waals surface area contributed by atoms with E-state index >= 15 is 0 Å². The highest BCUT2D eigenvalue weighted by atomic mass is 79.9. The van der Waals surface area contributed by atoms with Gasteiger partial charge in [0.1, 0.15) is 6.04 Å². The van der Waals surface area contributed by atoms with E-state index in [-0.39, 0.29) is 0 Å². The Kier molecular flexibility index (Phi) is 3.06. The molecule has 3 nitrogen and oxygen atoms in total. The van der Waals surface area contributed by atoms with E-state index < -0.39 is 12.0 Å². The molecule has 0 amide bonds. The first kappa shape index (κ1) is 10.2. The zero-order chi connectivity index (χ0) is 10.0. The second kappa shape index (κ2) is 3.89. The molecule has 4 heteroatoms. The van der Waals surface area contributed by atoms with Crippen LogP contribution in [0.2, 0.25) is 0 Å². The van der Waals surface area contributed by atoms with Crippen LogP contribution >= 0.6 is 15.9 Å². The maximum absolute atomic E-state index is 10.6. The maximum Gasteiger partial charge on any atom is 0.325 e. The van der Waals surface area contributed by atoms with E-state index in [0.717, 1.165) is 10.0 Å². The SMILES string of the molecule is Cc1cc(Br)cc([C@@H](N)C(=O)O)c1. The van der Waals surface area contributed by atoms with Crippen molar-refractivity contribution in [3.63, 3.8) is 0 Å². The van der Waals surface area contributed by atoms with Gasteiger partial charge in [-0.2, -0.15) is 0 Å². The van der Waals surface area contributed by atoms with E-state index in [1.165, 1.54) is 0 Å². The normalized spacial score (nSPS) is 12.5. The third-order valence-corrected chi connectivity index (χ3v) is 2.15. The minimum Gasteiger partial charge on any atom is -0.480 e. The molecule has 0 aliphatic carbocycles. The highest BCUT2D eigenvalue weighted by Gasteiger charge is 2.14. The van der Waals surface area contributed by atoms with Crippen LogP contribution in [-0.4, -0.2) is 11.1 Å². The van der Waals surface area contributed by atoms with Gasteiger partial charge in [-0.25, -0.2) is 0 Å². The van der Waals surface area contributed by atoms with Crippen molar-refractivity contribution in [2.24, 2.45) is 5.73 Å². The third-order valence-electron chi connectivity index (χ3n) is 1.69. The Bertz CT molecular complexity index is 318. The molecule has 0 spiro atoms. The van der Waals surface area contributed by atoms with Crippen LogP contribution in [0.5, 0.6) is 0 Å². The molecule has 0 bridgehead atoms. The largest absolute Gasteiger partial charge is 0.480 e. The molecule has 70 valence electrons. The zero-order valence-electron chi connectivity index (χ0n) is 7.12. The molecule has 3 N–H and O–H groups in total. The second-order valence-corrected chi connectivity index (χ2v) is 3.79. The molecule has 1 aromatic rings. The number of aliphatic carboxylic acids is 1. The van der Waals surface area contributed by atoms with Gasteiger partial charge in [0, 0.05) is 4.47 Å². The van der Waals surface area contributed by atoms with E-state index in [1.807, 2.05) is 13.0 Å². The minimum absolute atomic E-state index is 0.611. The lowest BCUT2D eigenvalue weighted by Gasteiger charge is -2.08. The molecular formula is C9H10BrNO2. The van der Waals surface area contributed by atoms with Crippen LogP contribution in [0, 0.1) is 6.92 Å². The maximum atomic E-state index is 10.6. The molecule has 1 atom stereocenters. The van der Waals surface area contributed by atoms with Crippen molar-refractivity contribution in [2.75, 3.05) is 0 Å². The summed E-state index contributed by atoms with van der Waals surface area (Å²) in [4.78, 5) is 10.6. The van der Waals surface area contributed by atoms with Gasteiger partial charge in [-0.1, -0.05) is 22.0 Å². The van der Waals surface area contributed by atoms with Crippen LogP contribution < -0.4 is 5.73 Å². The van der Waals surface area contributed by atoms with Crippen LogP contribution in [0.1, 0.15) is 17.2 Å². The fraction of sp³-hybridized carbons (Fsp3) is 0.222. The van der Waals surface area contributed by atoms with Crippen molar-refractivity contribution in [1.29, 1.82) is 0 Å². The number of halogens is 1. The van der Waals surface area contributed by atoms with Crippen molar-refractivity contribution in [3.8, 4) is 0 Å². The molecule has 0 saturated heterocycles. The Morgan fingerprint density at radius 3 is 2.62 bits per heavy atom. The van der Waals surface area contributed by atoms with E-state index in [9.17, 15) is 4.79 Å². The van der Waals surface area contributed by atoms with Gasteiger partial charge in [0.2, 0.25) is 0 Å². The number of benzene rings is 1. The quantitative estimate of drug-likeness (QED) is 0.834. The summed E-state index contributed by atoms with van der Waals surface area (Å²) in [6.07, 6.45) is 0. The van der Waals surface area contributed by atoms with Crippen LogP contribution in [0.4, 0.5) is 0 Å². The molecule has 0 heterocycles. The Morgan fingerprint density at radius 1 is 1.54 bits per heavy atom. The van der Waals surface area contributed by atoms with Gasteiger partial charge in [0.15, 0.2) is 0 Å². The van der Waals surface area contributed by atoms with Gasteiger partial charge >= 0.3 is 5.97 Å². The number of carboxylic acids is 1. The van der Waals surface area contributed by atoms with Gasteiger partial charge in [0.25, 0.3) is 0 Å². The summed E-state index contributed by atoms with van der Waals surface area (Å²) in [7, 11) is 0. The third kappa shape index (κ3) is 2.54. The van der Waals surface area contributed by atoms with E-state index in [2.05, 4.69) is 15.9 Å². The van der Waals surface area contributed by atoms with Gasteiger partial charge in [-0.3, -0.25) is 4.79 Å². The summed E-state index contributed by atoms with van der Waals surface area (Å²) in [6, 6.07) is 4.43. The Balaban J connectivity index is 3.07. The molecule has 0 saturated carbocycles. The molecule has 0 fully saturated rings. The summed E-state index contributed by atoms with van der Waals surface area (Å²) in [5.74, 6) is -1.02. The van der Waals surface area contributed by atoms with Crippen LogP contribution in [0.25, 0.3) is 0 Å². The average Bonchev–Trinajstić information content (AvgIpc) is 2.01. The van der Waals surface area contributed by atoms with E-state index in [1.54, 1.807) is 12.1 Å². The fourth-order valence-corrected chi connectivity index (χ4v) is 1.71. The lowest BCUT2D eigenvalue weighted by molar-refractivity contribution is -0.138. The fourth-order valence-electron chi connectivity index (χ4n) is 1.09. The van der Waals surface area contributed by atoms with Gasteiger partial charge in [-0.05, 0) is 30.2 Å². The van der Waals surface area contributed by atoms with Crippen LogP contribution in [0.3, 0.4) is 0 Å². The molecule has 0 aromatic heterocycles. The first-order valence-corrected chi connectivity index (χ1v) is 4.55. The standard InChI is InChI=1S/C9H10BrNO2/c1-5-2-6(4-7(10)3-5)8(11)9(12)13/h2-4,8H,11H2,1H3,(H,12,13)/t8-/m1/s1. The molecule has 0 aliphatic rings. The van der Waals surface area contributed by atoms with Crippen molar-refractivity contribution >= 4 is 21.9 Å². The summed E-state index contributed by atoms with van der Waals surface area (Å²) in [5.41, 5.74) is 7.05. The smallest absolute Gasteiger partial charge is 0.325 e. The molecule has 0 aliphatic heterocycles. The van der Waals surface area contributed by atoms with Gasteiger partial charge in [-0.15, -0.1) is 0 Å². The summed E-state index contributed by atoms with van der Waals surface area (Å²) in [6.45, 7) is 1.89. The molecule has 0 unspecified atom stereocenters. The second-order valence-electron chi connectivity index (χ2n) is 2.88. The van der Waals surface area contributed by atoms with Crippen molar-refractivity contribution in [2.45, 2.75) is 13.0 Å². The van der Waals surface area contributed by atoms with Gasteiger partial charge in [0.05, 0.1) is 0 Å². The number of aryl methyl sites for hydroxylation is 1. The highest BCUT2D eigenvalue weighted by Crippen LogP contribution is 2.19. The number of hydrogen-bond donors (Lipinski definition) is 2.